The summed E-state index contributed by atoms with van der Waals surface area (Å²) in [4.78, 5) is 24.0. The van der Waals surface area contributed by atoms with E-state index in [-0.39, 0.29) is 23.7 Å². The first-order valence-electron chi connectivity index (χ1n) is 8.46. The molecule has 0 spiro atoms. The normalized spacial score (nSPS) is 20.9. The molecule has 1 amide bonds. The van der Waals surface area contributed by atoms with Gasteiger partial charge < -0.3 is 16.0 Å². The molecule has 1 aromatic rings. The number of benzene rings is 1. The van der Waals surface area contributed by atoms with E-state index >= 15 is 0 Å². The van der Waals surface area contributed by atoms with Crippen LogP contribution in [0, 0.1) is 27.4 Å². The van der Waals surface area contributed by atoms with Gasteiger partial charge in [0.15, 0.2) is 0 Å². The van der Waals surface area contributed by atoms with Gasteiger partial charge >= 0.3 is 0 Å². The number of nitro groups is 1. The number of rotatable bonds is 7. The second kappa shape index (κ2) is 7.07. The number of nitro benzene ring substituents is 1. The Morgan fingerprint density at radius 3 is 2.84 bits per heavy atom. The van der Waals surface area contributed by atoms with E-state index in [0.717, 1.165) is 32.2 Å². The molecule has 1 aromatic carbocycles. The Kier molecular flexibility index (Phi) is 4.86. The summed E-state index contributed by atoms with van der Waals surface area (Å²) in [5, 5.41) is 23.5. The van der Waals surface area contributed by atoms with Crippen molar-refractivity contribution >= 4 is 17.3 Å². The van der Waals surface area contributed by atoms with Gasteiger partial charge in [0, 0.05) is 31.3 Å². The zero-order chi connectivity index (χ0) is 18.0. The summed E-state index contributed by atoms with van der Waals surface area (Å²) in [6, 6.07) is 6.16. The van der Waals surface area contributed by atoms with Crippen LogP contribution < -0.4 is 16.0 Å². The fourth-order valence-corrected chi connectivity index (χ4v) is 3.36. The van der Waals surface area contributed by atoms with Gasteiger partial charge in [-0.2, -0.15) is 5.26 Å². The molecule has 0 aromatic heterocycles. The second-order valence-corrected chi connectivity index (χ2v) is 6.80. The molecule has 3 N–H and O–H groups in total. The Balaban J connectivity index is 1.67. The van der Waals surface area contributed by atoms with Crippen molar-refractivity contribution < 1.29 is 9.72 Å². The molecule has 8 heteroatoms. The van der Waals surface area contributed by atoms with Gasteiger partial charge in [-0.25, -0.2) is 0 Å². The number of carbonyl (C=O) groups excluding carboxylic acids is 1. The largest absolute Gasteiger partial charge is 0.369 e. The van der Waals surface area contributed by atoms with Gasteiger partial charge in [-0.3, -0.25) is 14.9 Å². The molecule has 1 saturated heterocycles. The van der Waals surface area contributed by atoms with Crippen LogP contribution >= 0.6 is 0 Å². The van der Waals surface area contributed by atoms with Crippen molar-refractivity contribution in [3.05, 3.63) is 33.9 Å². The first-order chi connectivity index (χ1) is 12.0. The quantitative estimate of drug-likeness (QED) is 0.567. The molecule has 25 heavy (non-hydrogen) atoms. The third-order valence-corrected chi connectivity index (χ3v) is 4.89. The average Bonchev–Trinajstić information content (AvgIpc) is 3.29. The van der Waals surface area contributed by atoms with Crippen LogP contribution in [0.4, 0.5) is 11.4 Å². The number of amides is 1. The fraction of sp³-hybridized carbons (Fsp3) is 0.529. The predicted molar refractivity (Wildman–Crippen MR) is 91.9 cm³/mol. The topological polar surface area (TPSA) is 125 Å². The van der Waals surface area contributed by atoms with E-state index in [1.54, 1.807) is 6.07 Å². The fourth-order valence-electron chi connectivity index (χ4n) is 3.36. The molecule has 132 valence electrons. The number of hydrogen-bond acceptors (Lipinski definition) is 6. The summed E-state index contributed by atoms with van der Waals surface area (Å²) >= 11 is 0. The van der Waals surface area contributed by atoms with Crippen molar-refractivity contribution in [3.63, 3.8) is 0 Å². The van der Waals surface area contributed by atoms with E-state index in [1.165, 1.54) is 12.1 Å². The first kappa shape index (κ1) is 17.2. The highest BCUT2D eigenvalue weighted by atomic mass is 16.6. The SMILES string of the molecule is N#Cc1cc([N+](=O)[O-])ccc1N1CC[C@H](N[C@@H](CC2CC2)C(N)=O)C1. The van der Waals surface area contributed by atoms with Crippen molar-refractivity contribution in [2.45, 2.75) is 37.8 Å². The molecule has 1 aliphatic heterocycles. The Labute approximate surface area is 145 Å². The van der Waals surface area contributed by atoms with Crippen molar-refractivity contribution in [2.75, 3.05) is 18.0 Å². The van der Waals surface area contributed by atoms with Crippen LogP contribution in [-0.2, 0) is 4.79 Å². The molecular formula is C17H21N5O3. The van der Waals surface area contributed by atoms with Crippen molar-refractivity contribution in [1.29, 1.82) is 5.26 Å². The van der Waals surface area contributed by atoms with E-state index in [2.05, 4.69) is 5.32 Å². The molecule has 0 unspecified atom stereocenters. The highest BCUT2D eigenvalue weighted by molar-refractivity contribution is 5.80. The molecule has 1 saturated carbocycles. The zero-order valence-corrected chi connectivity index (χ0v) is 13.9. The standard InChI is InChI=1S/C17H21N5O3/c18-9-12-8-14(22(24)25)3-4-16(12)21-6-5-13(10-21)20-15(17(19)23)7-11-1-2-11/h3-4,8,11,13,15,20H,1-2,5-7,10H2,(H2,19,23)/t13-,15-/m0/s1. The molecule has 1 aliphatic carbocycles. The van der Waals surface area contributed by atoms with Gasteiger partial charge in [-0.1, -0.05) is 12.8 Å². The minimum atomic E-state index is -0.506. The van der Waals surface area contributed by atoms with Crippen LogP contribution in [-0.4, -0.2) is 36.0 Å². The number of nitrogens with zero attached hydrogens (tertiary/aromatic N) is 3. The predicted octanol–water partition coefficient (Wildman–Crippen LogP) is 1.29. The summed E-state index contributed by atoms with van der Waals surface area (Å²) in [6.07, 6.45) is 3.94. The van der Waals surface area contributed by atoms with E-state index in [4.69, 9.17) is 5.73 Å². The molecular weight excluding hydrogens is 322 g/mol. The Bertz CT molecular complexity index is 725. The maximum Gasteiger partial charge on any atom is 0.270 e. The van der Waals surface area contributed by atoms with Gasteiger partial charge in [0.25, 0.3) is 5.69 Å². The number of hydrogen-bond donors (Lipinski definition) is 2. The van der Waals surface area contributed by atoms with Gasteiger partial charge in [0.05, 0.1) is 22.2 Å². The summed E-state index contributed by atoms with van der Waals surface area (Å²) in [6.45, 7) is 1.36. The second-order valence-electron chi connectivity index (χ2n) is 6.80. The van der Waals surface area contributed by atoms with E-state index in [1.807, 2.05) is 11.0 Å². The van der Waals surface area contributed by atoms with Crippen LogP contribution in [0.2, 0.25) is 0 Å². The lowest BCUT2D eigenvalue weighted by Gasteiger charge is -2.22. The number of nitriles is 1. The number of carbonyl (C=O) groups is 1. The number of anilines is 1. The van der Waals surface area contributed by atoms with E-state index < -0.39 is 4.92 Å². The summed E-state index contributed by atoms with van der Waals surface area (Å²) in [7, 11) is 0. The molecule has 3 rings (SSSR count). The third-order valence-electron chi connectivity index (χ3n) is 4.89. The van der Waals surface area contributed by atoms with Crippen LogP contribution in [0.5, 0.6) is 0 Å². The van der Waals surface area contributed by atoms with E-state index in [0.29, 0.717) is 23.7 Å². The minimum Gasteiger partial charge on any atom is -0.369 e. The third kappa shape index (κ3) is 4.06. The monoisotopic (exact) mass is 343 g/mol. The lowest BCUT2D eigenvalue weighted by molar-refractivity contribution is -0.384. The Morgan fingerprint density at radius 2 is 2.24 bits per heavy atom. The van der Waals surface area contributed by atoms with Gasteiger partial charge in [-0.05, 0) is 24.8 Å². The van der Waals surface area contributed by atoms with Crippen molar-refractivity contribution in [2.24, 2.45) is 11.7 Å². The number of non-ortho nitro benzene ring substituents is 1. The number of primary amides is 1. The molecule has 0 radical (unpaired) electrons. The Morgan fingerprint density at radius 1 is 1.48 bits per heavy atom. The van der Waals surface area contributed by atoms with Gasteiger partial charge in [0.1, 0.15) is 6.07 Å². The van der Waals surface area contributed by atoms with Crippen LogP contribution in [0.25, 0.3) is 0 Å². The van der Waals surface area contributed by atoms with Crippen LogP contribution in [0.1, 0.15) is 31.2 Å². The highest BCUT2D eigenvalue weighted by Gasteiger charge is 2.32. The van der Waals surface area contributed by atoms with Gasteiger partial charge in [0.2, 0.25) is 5.91 Å². The molecule has 2 aliphatic rings. The smallest absolute Gasteiger partial charge is 0.270 e. The molecule has 2 fully saturated rings. The Hall–Kier alpha value is -2.66. The van der Waals surface area contributed by atoms with Crippen molar-refractivity contribution in [1.82, 2.24) is 5.32 Å². The summed E-state index contributed by atoms with van der Waals surface area (Å²) in [5.41, 5.74) is 6.40. The molecule has 1 heterocycles. The van der Waals surface area contributed by atoms with Crippen LogP contribution in [0.15, 0.2) is 18.2 Å². The number of nitrogens with two attached hydrogens (primary N) is 1. The molecule has 0 bridgehead atoms. The lowest BCUT2D eigenvalue weighted by atomic mass is 10.1. The highest BCUT2D eigenvalue weighted by Crippen LogP contribution is 2.34. The van der Waals surface area contributed by atoms with E-state index in [9.17, 15) is 20.2 Å². The first-order valence-corrected chi connectivity index (χ1v) is 8.46. The van der Waals surface area contributed by atoms with Crippen molar-refractivity contribution in [3.8, 4) is 6.07 Å². The summed E-state index contributed by atoms with van der Waals surface area (Å²) < 4.78 is 0. The van der Waals surface area contributed by atoms with Crippen LogP contribution in [0.3, 0.4) is 0 Å². The zero-order valence-electron chi connectivity index (χ0n) is 13.9. The van der Waals surface area contributed by atoms with Gasteiger partial charge in [-0.15, -0.1) is 0 Å². The number of nitrogens with one attached hydrogen (secondary N) is 1. The minimum absolute atomic E-state index is 0.0904. The molecule has 2 atom stereocenters. The average molecular weight is 343 g/mol. The maximum absolute atomic E-state index is 11.6. The maximum atomic E-state index is 11.6. The molecule has 8 nitrogen and oxygen atoms in total. The lowest BCUT2D eigenvalue weighted by Crippen LogP contribution is -2.47. The summed E-state index contributed by atoms with van der Waals surface area (Å²) in [5.74, 6) is 0.278.